The highest BCUT2D eigenvalue weighted by molar-refractivity contribution is 7.16. The van der Waals surface area contributed by atoms with E-state index in [9.17, 15) is 14.7 Å². The molecule has 3 aliphatic rings. The van der Waals surface area contributed by atoms with Crippen LogP contribution in [0.1, 0.15) is 35.5 Å². The van der Waals surface area contributed by atoms with Crippen molar-refractivity contribution in [3.8, 4) is 10.6 Å². The van der Waals surface area contributed by atoms with E-state index in [0.29, 0.717) is 12.2 Å². The number of aromatic nitrogens is 3. The van der Waals surface area contributed by atoms with Gasteiger partial charge in [0.15, 0.2) is 5.01 Å². The summed E-state index contributed by atoms with van der Waals surface area (Å²) in [4.78, 5) is 33.2. The second-order valence-corrected chi connectivity index (χ2v) is 10.1. The van der Waals surface area contributed by atoms with Gasteiger partial charge < -0.3 is 20.1 Å². The lowest BCUT2D eigenvalue weighted by Gasteiger charge is -2.32. The third-order valence-electron chi connectivity index (χ3n) is 6.51. The third-order valence-corrected chi connectivity index (χ3v) is 7.91. The molecular formula is C21H24ClN5O4S. The van der Waals surface area contributed by atoms with Gasteiger partial charge in [0.1, 0.15) is 17.8 Å². The first-order valence-electron chi connectivity index (χ1n) is 10.8. The van der Waals surface area contributed by atoms with Crippen molar-refractivity contribution in [3.63, 3.8) is 0 Å². The van der Waals surface area contributed by atoms with E-state index in [1.807, 2.05) is 0 Å². The molecule has 2 N–H and O–H groups in total. The van der Waals surface area contributed by atoms with Crippen molar-refractivity contribution < 1.29 is 19.4 Å². The molecule has 0 radical (unpaired) electrons. The summed E-state index contributed by atoms with van der Waals surface area (Å²) in [6.07, 6.45) is 5.78. The Hall–Kier alpha value is -2.14. The zero-order valence-corrected chi connectivity index (χ0v) is 18.8. The smallest absolute Gasteiger partial charge is 0.280 e. The summed E-state index contributed by atoms with van der Waals surface area (Å²) in [6.45, 7) is 0.451. The highest BCUT2D eigenvalue weighted by Crippen LogP contribution is 2.36. The summed E-state index contributed by atoms with van der Waals surface area (Å²) in [6, 6.07) is 2.40. The Bertz CT molecular complexity index is 986. The van der Waals surface area contributed by atoms with E-state index >= 15 is 0 Å². The van der Waals surface area contributed by atoms with Crippen LogP contribution in [0.4, 0.5) is 0 Å². The van der Waals surface area contributed by atoms with Crippen LogP contribution in [0.25, 0.3) is 10.6 Å². The SMILES string of the molecule is O=C(N[C@H](C(=O)N1C[C@H](Cl)[C@H]2OC[C@H](O)[C@H]21)C1CCCC1)c1ncc(-c2cccnn2)s1. The van der Waals surface area contributed by atoms with Gasteiger partial charge in [-0.3, -0.25) is 9.59 Å². The Labute approximate surface area is 194 Å². The van der Waals surface area contributed by atoms with Gasteiger partial charge in [0.25, 0.3) is 5.91 Å². The number of fused-ring (bicyclic) bond motifs is 1. The van der Waals surface area contributed by atoms with Crippen molar-refractivity contribution in [2.45, 2.75) is 55.4 Å². The van der Waals surface area contributed by atoms with E-state index in [1.165, 1.54) is 11.3 Å². The number of carbonyl (C=O) groups is 2. The number of ether oxygens (including phenoxy) is 1. The Morgan fingerprint density at radius 2 is 2.16 bits per heavy atom. The molecule has 4 heterocycles. The molecule has 2 amide bonds. The van der Waals surface area contributed by atoms with Gasteiger partial charge in [-0.2, -0.15) is 5.10 Å². The molecule has 2 aromatic heterocycles. The van der Waals surface area contributed by atoms with E-state index < -0.39 is 24.1 Å². The average Bonchev–Trinajstić information content (AvgIpc) is 3.59. The topological polar surface area (TPSA) is 118 Å². The van der Waals surface area contributed by atoms with Gasteiger partial charge >= 0.3 is 0 Å². The van der Waals surface area contributed by atoms with E-state index in [0.717, 1.165) is 30.6 Å². The first-order chi connectivity index (χ1) is 15.5. The minimum atomic E-state index is -0.777. The van der Waals surface area contributed by atoms with Gasteiger partial charge in [-0.15, -0.1) is 28.0 Å². The van der Waals surface area contributed by atoms with Crippen LogP contribution in [0.5, 0.6) is 0 Å². The number of nitrogens with zero attached hydrogens (tertiary/aromatic N) is 4. The standard InChI is InChI=1S/C21H24ClN5O4S/c22-12-9-27(17-14(28)10-31-18(12)17)21(30)16(11-4-1-2-5-11)25-19(29)20-23-8-15(32-20)13-6-3-7-24-26-13/h3,6-8,11-12,14,16-18,28H,1-2,4-5,9-10H2,(H,25,29)/t12-,14-,16-,17+,18+/m0/s1. The number of likely N-dealkylation sites (tertiary alicyclic amines) is 1. The fourth-order valence-electron chi connectivity index (χ4n) is 4.96. The van der Waals surface area contributed by atoms with Gasteiger partial charge in [-0.25, -0.2) is 4.98 Å². The van der Waals surface area contributed by atoms with Gasteiger partial charge in [-0.05, 0) is 30.9 Å². The Morgan fingerprint density at radius 1 is 1.34 bits per heavy atom. The summed E-state index contributed by atoms with van der Waals surface area (Å²) in [5.41, 5.74) is 0.638. The average molecular weight is 478 g/mol. The fourth-order valence-corrected chi connectivity index (χ4v) is 6.12. The molecule has 0 bridgehead atoms. The molecule has 170 valence electrons. The molecule has 3 fully saturated rings. The van der Waals surface area contributed by atoms with Gasteiger partial charge in [-0.1, -0.05) is 12.8 Å². The van der Waals surface area contributed by atoms with Crippen LogP contribution in [0, 0.1) is 5.92 Å². The number of carbonyl (C=O) groups excluding carboxylic acids is 2. The number of aliphatic hydroxyl groups excluding tert-OH is 1. The van der Waals surface area contributed by atoms with Crippen molar-refractivity contribution in [1.82, 2.24) is 25.4 Å². The van der Waals surface area contributed by atoms with Crippen LogP contribution in [-0.2, 0) is 9.53 Å². The molecule has 1 saturated carbocycles. The summed E-state index contributed by atoms with van der Waals surface area (Å²) in [5, 5.41) is 21.1. The summed E-state index contributed by atoms with van der Waals surface area (Å²) in [7, 11) is 0. The molecule has 5 rings (SSSR count). The summed E-state index contributed by atoms with van der Waals surface area (Å²) in [5.74, 6) is -0.561. The Balaban J connectivity index is 1.35. The van der Waals surface area contributed by atoms with Crippen LogP contribution >= 0.6 is 22.9 Å². The van der Waals surface area contributed by atoms with Crippen molar-refractivity contribution in [1.29, 1.82) is 0 Å². The molecular weight excluding hydrogens is 454 g/mol. The van der Waals surface area contributed by atoms with Crippen LogP contribution < -0.4 is 5.32 Å². The lowest BCUT2D eigenvalue weighted by atomic mass is 9.96. The minimum absolute atomic E-state index is 0.0400. The molecule has 2 saturated heterocycles. The normalized spacial score (nSPS) is 28.6. The number of hydrogen-bond donors (Lipinski definition) is 2. The number of aliphatic hydroxyl groups is 1. The largest absolute Gasteiger partial charge is 0.388 e. The molecule has 0 aromatic carbocycles. The first kappa shape index (κ1) is 21.7. The second-order valence-electron chi connectivity index (χ2n) is 8.50. The van der Waals surface area contributed by atoms with Gasteiger partial charge in [0.2, 0.25) is 5.91 Å². The molecule has 2 aliphatic heterocycles. The molecule has 5 atom stereocenters. The van der Waals surface area contributed by atoms with Crippen molar-refractivity contribution in [3.05, 3.63) is 29.5 Å². The van der Waals surface area contributed by atoms with Crippen molar-refractivity contribution in [2.24, 2.45) is 5.92 Å². The van der Waals surface area contributed by atoms with Gasteiger partial charge in [0, 0.05) is 18.9 Å². The highest BCUT2D eigenvalue weighted by atomic mass is 35.5. The lowest BCUT2D eigenvalue weighted by Crippen LogP contribution is -2.55. The van der Waals surface area contributed by atoms with Crippen LogP contribution in [0.15, 0.2) is 24.5 Å². The predicted molar refractivity (Wildman–Crippen MR) is 117 cm³/mol. The van der Waals surface area contributed by atoms with Crippen LogP contribution in [0.2, 0.25) is 0 Å². The molecule has 1 aliphatic carbocycles. The quantitative estimate of drug-likeness (QED) is 0.626. The highest BCUT2D eigenvalue weighted by Gasteiger charge is 2.53. The van der Waals surface area contributed by atoms with E-state index in [4.69, 9.17) is 16.3 Å². The maximum Gasteiger partial charge on any atom is 0.280 e. The van der Waals surface area contributed by atoms with Gasteiger partial charge in [0.05, 0.1) is 29.0 Å². The summed E-state index contributed by atoms with van der Waals surface area (Å²) < 4.78 is 5.60. The molecule has 2 aromatic rings. The number of thiazole rings is 1. The van der Waals surface area contributed by atoms with Crippen LogP contribution in [0.3, 0.4) is 0 Å². The first-order valence-corrected chi connectivity index (χ1v) is 12.1. The summed E-state index contributed by atoms with van der Waals surface area (Å²) >= 11 is 7.61. The number of amides is 2. The third kappa shape index (κ3) is 4.00. The zero-order valence-electron chi connectivity index (χ0n) is 17.3. The number of nitrogens with one attached hydrogen (secondary N) is 1. The maximum atomic E-state index is 13.6. The molecule has 0 spiro atoms. The van der Waals surface area contributed by atoms with Crippen molar-refractivity contribution in [2.75, 3.05) is 13.2 Å². The number of halogens is 1. The molecule has 32 heavy (non-hydrogen) atoms. The monoisotopic (exact) mass is 477 g/mol. The van der Waals surface area contributed by atoms with Crippen LogP contribution in [-0.4, -0.2) is 79.8 Å². The van der Waals surface area contributed by atoms with E-state index in [-0.39, 0.29) is 34.9 Å². The number of alkyl halides is 1. The molecule has 0 unspecified atom stereocenters. The fraction of sp³-hybridized carbons (Fsp3) is 0.571. The Morgan fingerprint density at radius 3 is 2.91 bits per heavy atom. The molecule has 11 heteroatoms. The minimum Gasteiger partial charge on any atom is -0.388 e. The Kier molecular flexibility index (Phi) is 6.11. The second kappa shape index (κ2) is 9.01. The number of rotatable bonds is 5. The number of hydrogen-bond acceptors (Lipinski definition) is 8. The zero-order chi connectivity index (χ0) is 22.2. The molecule has 9 nitrogen and oxygen atoms in total. The maximum absolute atomic E-state index is 13.6. The predicted octanol–water partition coefficient (Wildman–Crippen LogP) is 1.47. The van der Waals surface area contributed by atoms with Crippen molar-refractivity contribution >= 4 is 34.8 Å². The van der Waals surface area contributed by atoms with E-state index in [2.05, 4.69) is 20.5 Å². The van der Waals surface area contributed by atoms with E-state index in [1.54, 1.807) is 29.4 Å². The lowest BCUT2D eigenvalue weighted by molar-refractivity contribution is -0.137.